The molecule has 3 heterocycles. The fourth-order valence-electron chi connectivity index (χ4n) is 8.16. The van der Waals surface area contributed by atoms with Gasteiger partial charge in [-0.3, -0.25) is 8.97 Å². The van der Waals surface area contributed by atoms with E-state index in [0.29, 0.717) is 0 Å². The fourth-order valence-corrected chi connectivity index (χ4v) is 8.16. The van der Waals surface area contributed by atoms with Crippen molar-refractivity contribution in [2.24, 2.45) is 0 Å². The van der Waals surface area contributed by atoms with E-state index in [4.69, 9.17) is 9.97 Å². The van der Waals surface area contributed by atoms with Gasteiger partial charge in [-0.25, -0.2) is 9.97 Å². The molecule has 0 radical (unpaired) electrons. The molecule has 0 spiro atoms. The van der Waals surface area contributed by atoms with E-state index in [-0.39, 0.29) is 5.41 Å². The number of hydrogen-bond donors (Lipinski definition) is 0. The van der Waals surface area contributed by atoms with Gasteiger partial charge in [-0.2, -0.15) is 0 Å². The molecular weight excluding hydrogens is 560 g/mol. The summed E-state index contributed by atoms with van der Waals surface area (Å²) in [4.78, 5) is 10.7. The minimum atomic E-state index is -0.0464. The summed E-state index contributed by atoms with van der Waals surface area (Å²) >= 11 is 0. The van der Waals surface area contributed by atoms with Gasteiger partial charge in [0, 0.05) is 28.2 Å². The maximum absolute atomic E-state index is 5.49. The van der Waals surface area contributed by atoms with Crippen LogP contribution in [0.5, 0.6) is 0 Å². The Morgan fingerprint density at radius 2 is 1.37 bits per heavy atom. The zero-order valence-electron chi connectivity index (χ0n) is 26.0. The highest BCUT2D eigenvalue weighted by atomic mass is 15.2. The van der Waals surface area contributed by atoms with Crippen molar-refractivity contribution in [3.8, 4) is 28.2 Å². The molecule has 0 atom stereocenters. The van der Waals surface area contributed by atoms with Crippen LogP contribution in [0.25, 0.3) is 66.7 Å². The molecule has 10 rings (SSSR count). The van der Waals surface area contributed by atoms with Gasteiger partial charge < -0.3 is 0 Å². The predicted octanol–water partition coefficient (Wildman–Crippen LogP) is 10.00. The van der Waals surface area contributed by atoms with Crippen molar-refractivity contribution in [3.63, 3.8) is 0 Å². The molecule has 0 fully saturated rings. The molecule has 0 saturated heterocycles. The number of allylic oxidation sites excluding steroid dienone is 2. The van der Waals surface area contributed by atoms with E-state index in [1.54, 1.807) is 0 Å². The van der Waals surface area contributed by atoms with Crippen molar-refractivity contribution in [2.75, 3.05) is 0 Å². The highest BCUT2D eigenvalue weighted by Gasteiger charge is 2.35. The number of aryl methyl sites for hydroxylation is 1. The predicted molar refractivity (Wildman–Crippen MR) is 189 cm³/mol. The normalized spacial score (nSPS) is 15.0. The Kier molecular flexibility index (Phi) is 5.20. The Hall–Kier alpha value is -5.48. The first-order valence-electron chi connectivity index (χ1n) is 16.3. The summed E-state index contributed by atoms with van der Waals surface area (Å²) in [7, 11) is 0. The van der Waals surface area contributed by atoms with E-state index in [2.05, 4.69) is 144 Å². The number of imidazole rings is 1. The monoisotopic (exact) mass is 592 g/mol. The van der Waals surface area contributed by atoms with Gasteiger partial charge in [-0.1, -0.05) is 105 Å². The lowest BCUT2D eigenvalue weighted by molar-refractivity contribution is 0.660. The number of nitrogens with zero attached hydrogens (tertiary/aromatic N) is 4. The second-order valence-electron chi connectivity index (χ2n) is 13.3. The lowest BCUT2D eigenvalue weighted by Crippen LogP contribution is -2.14. The number of rotatable bonds is 2. The molecule has 0 unspecified atom stereocenters. The van der Waals surface area contributed by atoms with E-state index in [9.17, 15) is 0 Å². The quantitative estimate of drug-likeness (QED) is 0.187. The molecule has 2 aliphatic rings. The smallest absolute Gasteiger partial charge is 0.221 e. The maximum Gasteiger partial charge on any atom is 0.221 e. The van der Waals surface area contributed by atoms with Gasteiger partial charge in [0.25, 0.3) is 0 Å². The van der Waals surface area contributed by atoms with Crippen molar-refractivity contribution in [2.45, 2.75) is 38.5 Å². The first-order chi connectivity index (χ1) is 22.6. The highest BCUT2D eigenvalue weighted by Crippen LogP contribution is 2.49. The molecule has 0 aliphatic heterocycles. The first-order valence-corrected chi connectivity index (χ1v) is 16.3. The molecule has 0 amide bonds. The summed E-state index contributed by atoms with van der Waals surface area (Å²) < 4.78 is 4.67. The van der Waals surface area contributed by atoms with Crippen molar-refractivity contribution in [1.82, 2.24) is 18.9 Å². The van der Waals surface area contributed by atoms with Crippen LogP contribution in [0, 0.1) is 0 Å². The average molecular weight is 593 g/mol. The van der Waals surface area contributed by atoms with E-state index < -0.39 is 0 Å². The fraction of sp³-hybridized carbons (Fsp3) is 0.143. The third kappa shape index (κ3) is 3.44. The molecule has 4 nitrogen and oxygen atoms in total. The van der Waals surface area contributed by atoms with E-state index >= 15 is 0 Å². The van der Waals surface area contributed by atoms with Gasteiger partial charge in [-0.15, -0.1) is 0 Å². The van der Waals surface area contributed by atoms with Crippen molar-refractivity contribution < 1.29 is 0 Å². The Morgan fingerprint density at radius 1 is 0.630 bits per heavy atom. The summed E-state index contributed by atoms with van der Waals surface area (Å²) in [6, 6.07) is 40.0. The van der Waals surface area contributed by atoms with Crippen LogP contribution in [-0.2, 0) is 18.3 Å². The van der Waals surface area contributed by atoms with Crippen LogP contribution in [0.1, 0.15) is 42.7 Å². The van der Waals surface area contributed by atoms with Crippen LogP contribution in [0.15, 0.2) is 121 Å². The number of benzene rings is 5. The Morgan fingerprint density at radius 3 is 2.30 bits per heavy atom. The lowest BCUT2D eigenvalue weighted by Gasteiger charge is -2.22. The van der Waals surface area contributed by atoms with Gasteiger partial charge in [-0.05, 0) is 76.6 Å². The molecule has 3 aromatic heterocycles. The molecule has 46 heavy (non-hydrogen) atoms. The number of fused-ring (bicyclic) bond motifs is 11. The maximum atomic E-state index is 5.49. The lowest BCUT2D eigenvalue weighted by atomic mass is 9.81. The number of hydrogen-bond acceptors (Lipinski definition) is 2. The van der Waals surface area contributed by atoms with Crippen LogP contribution in [0.4, 0.5) is 0 Å². The molecule has 4 heteroatoms. The van der Waals surface area contributed by atoms with Crippen molar-refractivity contribution in [1.29, 1.82) is 0 Å². The van der Waals surface area contributed by atoms with Gasteiger partial charge in [0.1, 0.15) is 5.65 Å². The van der Waals surface area contributed by atoms with Crippen LogP contribution in [0.3, 0.4) is 0 Å². The Bertz CT molecular complexity index is 2590. The molecular formula is C42H32N4. The molecule has 220 valence electrons. The van der Waals surface area contributed by atoms with E-state index in [1.807, 2.05) is 0 Å². The van der Waals surface area contributed by atoms with Crippen LogP contribution >= 0.6 is 0 Å². The largest absolute Gasteiger partial charge is 0.279 e. The molecule has 0 saturated carbocycles. The van der Waals surface area contributed by atoms with Gasteiger partial charge in [0.15, 0.2) is 0 Å². The summed E-state index contributed by atoms with van der Waals surface area (Å²) in [5.74, 6) is 0.895. The molecule has 0 bridgehead atoms. The summed E-state index contributed by atoms with van der Waals surface area (Å²) in [5, 5.41) is 2.45. The first kappa shape index (κ1) is 25.8. The van der Waals surface area contributed by atoms with Crippen molar-refractivity contribution >= 4 is 38.5 Å². The summed E-state index contributed by atoms with van der Waals surface area (Å²) in [5.41, 5.74) is 15.7. The van der Waals surface area contributed by atoms with Crippen LogP contribution in [-0.4, -0.2) is 18.9 Å². The van der Waals surface area contributed by atoms with E-state index in [1.165, 1.54) is 49.7 Å². The second kappa shape index (κ2) is 9.27. The van der Waals surface area contributed by atoms with Crippen LogP contribution in [0.2, 0.25) is 0 Å². The Balaban J connectivity index is 1.26. The minimum Gasteiger partial charge on any atom is -0.279 e. The molecule has 8 aromatic rings. The Labute approximate surface area is 267 Å². The molecule has 2 aliphatic carbocycles. The van der Waals surface area contributed by atoms with Gasteiger partial charge in [0.05, 0.1) is 27.8 Å². The van der Waals surface area contributed by atoms with Crippen molar-refractivity contribution in [3.05, 3.63) is 144 Å². The summed E-state index contributed by atoms with van der Waals surface area (Å²) in [6.07, 6.45) is 7.32. The second-order valence-corrected chi connectivity index (χ2v) is 13.3. The van der Waals surface area contributed by atoms with E-state index in [0.717, 1.165) is 58.6 Å². The standard InChI is InChI=1S/C42H32N4/c1-42(2)33-15-8-6-12-28(33)29-22-20-26(24-34(29)42)27-21-23-31-30-13-7-10-18-37(30)45(39(31)25-27)41-44-35-16-5-3-4-14-32(35)40-43-36-17-9-11-19-38(36)46(40)41/h3,5-13,15,17-25H,4,14,16H2,1-2H3. The SMILES string of the molecule is CC1(C)c2ccccc2-c2ccc(-c3ccc4c5ccccc5n(-c5nc6c(c7nc8ccccc8n57)CCC=CC6)c4c3)cc21. The third-order valence-corrected chi connectivity index (χ3v) is 10.4. The third-order valence-electron chi connectivity index (χ3n) is 10.4. The summed E-state index contributed by atoms with van der Waals surface area (Å²) in [6.45, 7) is 4.70. The zero-order chi connectivity index (χ0) is 30.6. The number of aromatic nitrogens is 4. The van der Waals surface area contributed by atoms with Gasteiger partial charge >= 0.3 is 0 Å². The topological polar surface area (TPSA) is 35.1 Å². The van der Waals surface area contributed by atoms with Gasteiger partial charge in [0.2, 0.25) is 5.95 Å². The molecule has 0 N–H and O–H groups in total. The average Bonchev–Trinajstić information content (AvgIpc) is 3.63. The number of para-hydroxylation sites is 3. The van der Waals surface area contributed by atoms with Crippen LogP contribution < -0.4 is 0 Å². The highest BCUT2D eigenvalue weighted by molar-refractivity contribution is 6.10. The molecule has 5 aromatic carbocycles. The zero-order valence-corrected chi connectivity index (χ0v) is 26.0. The minimum absolute atomic E-state index is 0.0464.